The van der Waals surface area contributed by atoms with Crippen molar-refractivity contribution in [1.29, 1.82) is 0 Å². The first kappa shape index (κ1) is 28.1. The molecule has 10 nitrogen and oxygen atoms in total. The zero-order valence-corrected chi connectivity index (χ0v) is 23.0. The van der Waals surface area contributed by atoms with Crippen molar-refractivity contribution in [2.24, 2.45) is 0 Å². The van der Waals surface area contributed by atoms with Gasteiger partial charge in [0.05, 0.1) is 10.9 Å². The number of sulfonamides is 1. The van der Waals surface area contributed by atoms with Gasteiger partial charge < -0.3 is 20.4 Å². The summed E-state index contributed by atoms with van der Waals surface area (Å²) in [5.74, 6) is -0.638. The fourth-order valence-corrected chi connectivity index (χ4v) is 6.63. The molecule has 204 valence electrons. The van der Waals surface area contributed by atoms with Crippen LogP contribution in [0.1, 0.15) is 30.6 Å². The van der Waals surface area contributed by atoms with Crippen molar-refractivity contribution in [3.05, 3.63) is 57.1 Å². The van der Waals surface area contributed by atoms with Crippen LogP contribution in [0.5, 0.6) is 0 Å². The number of halogens is 1. The second kappa shape index (κ2) is 12.7. The molecule has 3 N–H and O–H groups in total. The first-order chi connectivity index (χ1) is 18.2. The molecule has 2 atom stereocenters. The van der Waals surface area contributed by atoms with E-state index in [1.54, 1.807) is 29.2 Å². The zero-order chi connectivity index (χ0) is 27.1. The summed E-state index contributed by atoms with van der Waals surface area (Å²) in [5.41, 5.74) is 0.671. The molecule has 2 saturated heterocycles. The number of nitrogens with one attached hydrogen (secondary N) is 3. The van der Waals surface area contributed by atoms with E-state index in [-0.39, 0.29) is 24.5 Å². The molecule has 38 heavy (non-hydrogen) atoms. The van der Waals surface area contributed by atoms with Crippen LogP contribution in [-0.4, -0.2) is 74.3 Å². The molecule has 2 aliphatic rings. The molecular weight excluding hydrogens is 550 g/mol. The van der Waals surface area contributed by atoms with E-state index < -0.39 is 22.0 Å². The minimum Gasteiger partial charge on any atom is -0.336 e. The number of nitrogens with zero attached hydrogens (tertiary/aromatic N) is 2. The fourth-order valence-electron chi connectivity index (χ4n) is 4.56. The Hall–Kier alpha value is -2.93. The van der Waals surface area contributed by atoms with E-state index in [4.69, 9.17) is 11.6 Å². The van der Waals surface area contributed by atoms with Gasteiger partial charge in [0.2, 0.25) is 21.8 Å². The first-order valence-electron chi connectivity index (χ1n) is 12.3. The molecule has 4 rings (SSSR count). The van der Waals surface area contributed by atoms with Crippen molar-refractivity contribution in [1.82, 2.24) is 19.8 Å². The molecule has 3 heterocycles. The van der Waals surface area contributed by atoms with E-state index >= 15 is 0 Å². The highest BCUT2D eigenvalue weighted by molar-refractivity contribution is 7.92. The molecule has 0 bridgehead atoms. The Morgan fingerprint density at radius 3 is 2.58 bits per heavy atom. The Bertz CT molecular complexity index is 1280. The number of amides is 4. The predicted octanol–water partition coefficient (Wildman–Crippen LogP) is 3.10. The van der Waals surface area contributed by atoms with E-state index in [1.165, 1.54) is 22.3 Å². The van der Waals surface area contributed by atoms with Gasteiger partial charge in [-0.05, 0) is 56.0 Å². The zero-order valence-electron chi connectivity index (χ0n) is 20.6. The summed E-state index contributed by atoms with van der Waals surface area (Å²) < 4.78 is 28.1. The summed E-state index contributed by atoms with van der Waals surface area (Å²) in [7, 11) is -3.87. The Morgan fingerprint density at radius 2 is 1.84 bits per heavy atom. The summed E-state index contributed by atoms with van der Waals surface area (Å²) in [6.07, 6.45) is 3.90. The number of piperidine rings is 1. The van der Waals surface area contributed by atoms with Gasteiger partial charge in [0.25, 0.3) is 0 Å². The van der Waals surface area contributed by atoms with E-state index in [0.717, 1.165) is 18.2 Å². The lowest BCUT2D eigenvalue weighted by molar-refractivity contribution is -0.143. The highest BCUT2D eigenvalue weighted by Crippen LogP contribution is 2.23. The third-order valence-electron chi connectivity index (χ3n) is 6.40. The molecule has 2 fully saturated rings. The van der Waals surface area contributed by atoms with Gasteiger partial charge in [-0.15, -0.1) is 11.3 Å². The number of urea groups is 1. The number of likely N-dealkylation sites (tertiary alicyclic amines) is 2. The Labute approximate surface area is 231 Å². The van der Waals surface area contributed by atoms with Crippen LogP contribution in [0.4, 0.5) is 10.5 Å². The number of carbonyl (C=O) groups is 3. The van der Waals surface area contributed by atoms with Gasteiger partial charge in [0, 0.05) is 41.6 Å². The topological polar surface area (TPSA) is 128 Å². The summed E-state index contributed by atoms with van der Waals surface area (Å²) in [4.78, 5) is 42.1. The quantitative estimate of drug-likeness (QED) is 0.421. The average molecular weight is 580 g/mol. The number of hydrogen-bond acceptors (Lipinski definition) is 6. The average Bonchev–Trinajstić information content (AvgIpc) is 3.53. The molecule has 0 unspecified atom stereocenters. The van der Waals surface area contributed by atoms with Crippen LogP contribution < -0.4 is 15.4 Å². The number of para-hydroxylation sites is 1. The lowest BCUT2D eigenvalue weighted by Crippen LogP contribution is -2.55. The largest absolute Gasteiger partial charge is 0.336 e. The highest BCUT2D eigenvalue weighted by Gasteiger charge is 2.35. The second-order valence-electron chi connectivity index (χ2n) is 9.15. The molecule has 13 heteroatoms. The van der Waals surface area contributed by atoms with Crippen molar-refractivity contribution in [2.75, 3.05) is 31.5 Å². The number of hydrogen-bond donors (Lipinski definition) is 3. The van der Waals surface area contributed by atoms with Crippen molar-refractivity contribution in [3.63, 3.8) is 0 Å². The standard InChI is InChI=1S/C25H30ClN5O5S2/c26-22-11-10-20(37-22)12-15-38(35,36)29-21-9-5-13-30(24(21)33)17-23(32)31-14-4-8-19(31)16-27-25(34)28-18-6-2-1-3-7-18/h1-3,6-7,10-12,15,19,21,29H,4-5,8-9,13-14,16-17H2,(H2,27,28,34)/t19-,21+/m1/s1. The van der Waals surface area contributed by atoms with Crippen molar-refractivity contribution in [2.45, 2.75) is 37.8 Å². The number of thiophene rings is 1. The van der Waals surface area contributed by atoms with Crippen LogP contribution in [-0.2, 0) is 19.6 Å². The molecule has 2 aromatic rings. The maximum absolute atomic E-state index is 13.1. The third-order valence-corrected chi connectivity index (χ3v) is 8.70. The number of rotatable bonds is 9. The predicted molar refractivity (Wildman–Crippen MR) is 148 cm³/mol. The first-order valence-corrected chi connectivity index (χ1v) is 15.1. The maximum atomic E-state index is 13.1. The third kappa shape index (κ3) is 7.79. The minimum absolute atomic E-state index is 0.132. The summed E-state index contributed by atoms with van der Waals surface area (Å²) in [5, 5.41) is 6.58. The van der Waals surface area contributed by atoms with Crippen LogP contribution in [0.15, 0.2) is 47.9 Å². The molecule has 0 saturated carbocycles. The van der Waals surface area contributed by atoms with Crippen LogP contribution in [0.3, 0.4) is 0 Å². The number of anilines is 1. The van der Waals surface area contributed by atoms with Crippen LogP contribution >= 0.6 is 22.9 Å². The van der Waals surface area contributed by atoms with E-state index in [0.29, 0.717) is 47.4 Å². The van der Waals surface area contributed by atoms with Gasteiger partial charge in [-0.2, -0.15) is 4.72 Å². The van der Waals surface area contributed by atoms with Crippen LogP contribution in [0.2, 0.25) is 4.34 Å². The highest BCUT2D eigenvalue weighted by atomic mass is 35.5. The molecule has 0 aliphatic carbocycles. The smallest absolute Gasteiger partial charge is 0.319 e. The molecule has 1 aromatic carbocycles. The van der Waals surface area contributed by atoms with Crippen LogP contribution in [0.25, 0.3) is 6.08 Å². The maximum Gasteiger partial charge on any atom is 0.319 e. The van der Waals surface area contributed by atoms with Gasteiger partial charge in [0.15, 0.2) is 0 Å². The number of carbonyl (C=O) groups excluding carboxylic acids is 3. The summed E-state index contributed by atoms with van der Waals surface area (Å²) in [6, 6.07) is 11.0. The number of benzene rings is 1. The SMILES string of the molecule is O=C(NC[C@H]1CCCN1C(=O)CN1CCC[C@H](NS(=O)(=O)C=Cc2ccc(Cl)s2)C1=O)Nc1ccccc1. The second-order valence-corrected chi connectivity index (χ2v) is 12.5. The Kier molecular flexibility index (Phi) is 9.42. The van der Waals surface area contributed by atoms with E-state index in [9.17, 15) is 22.8 Å². The summed E-state index contributed by atoms with van der Waals surface area (Å²) >= 11 is 7.12. The van der Waals surface area contributed by atoms with Gasteiger partial charge in [-0.25, -0.2) is 13.2 Å². The van der Waals surface area contributed by atoms with Crippen molar-refractivity contribution in [3.8, 4) is 0 Å². The van der Waals surface area contributed by atoms with E-state index in [1.807, 2.05) is 18.2 Å². The lowest BCUT2D eigenvalue weighted by atomic mass is 10.1. The molecule has 1 aromatic heterocycles. The molecule has 4 amide bonds. The van der Waals surface area contributed by atoms with Gasteiger partial charge in [-0.1, -0.05) is 29.8 Å². The van der Waals surface area contributed by atoms with E-state index in [2.05, 4.69) is 15.4 Å². The molecule has 0 spiro atoms. The Balaban J connectivity index is 1.28. The van der Waals surface area contributed by atoms with Gasteiger partial charge >= 0.3 is 6.03 Å². The van der Waals surface area contributed by atoms with Crippen molar-refractivity contribution >= 4 is 62.6 Å². The minimum atomic E-state index is -3.87. The van der Waals surface area contributed by atoms with Crippen LogP contribution in [0, 0.1) is 0 Å². The van der Waals surface area contributed by atoms with Gasteiger partial charge in [-0.3, -0.25) is 9.59 Å². The van der Waals surface area contributed by atoms with Crippen molar-refractivity contribution < 1.29 is 22.8 Å². The summed E-state index contributed by atoms with van der Waals surface area (Å²) in [6.45, 7) is 1.08. The Morgan fingerprint density at radius 1 is 1.08 bits per heavy atom. The normalized spacial score (nSPS) is 20.2. The lowest BCUT2D eigenvalue weighted by Gasteiger charge is -2.34. The molecule has 2 aliphatic heterocycles. The molecule has 0 radical (unpaired) electrons. The molecular formula is C25H30ClN5O5S2. The fraction of sp³-hybridized carbons (Fsp3) is 0.400. The monoisotopic (exact) mass is 579 g/mol. The van der Waals surface area contributed by atoms with Gasteiger partial charge in [0.1, 0.15) is 6.04 Å².